The summed E-state index contributed by atoms with van der Waals surface area (Å²) in [5, 5.41) is 4.53. The van der Waals surface area contributed by atoms with Gasteiger partial charge < -0.3 is 36.2 Å². The Hall–Kier alpha value is -3.24. The highest BCUT2D eigenvalue weighted by Crippen LogP contribution is 2.24. The maximum absolute atomic E-state index is 9.75. The van der Waals surface area contributed by atoms with E-state index in [0.29, 0.717) is 12.3 Å². The summed E-state index contributed by atoms with van der Waals surface area (Å²) in [6.45, 7) is 2.72. The van der Waals surface area contributed by atoms with Crippen molar-refractivity contribution in [3.8, 4) is 23.0 Å². The molecule has 0 saturated carbocycles. The fraction of sp³-hybridized carbons (Fsp3) is 0.300. The third-order valence-corrected chi connectivity index (χ3v) is 3.84. The first kappa shape index (κ1) is 25.8. The SMILES string of the molecule is CC[N+](=C\c1ccc(OC)cc1OC)/N=C/c1ccc(OC)cc1OC.F[B-](F)(F)F. The maximum atomic E-state index is 9.75. The molecule has 31 heavy (non-hydrogen) atoms. The highest BCUT2D eigenvalue weighted by atomic mass is 19.5. The zero-order chi connectivity index (χ0) is 23.4. The lowest BCUT2D eigenvalue weighted by Crippen LogP contribution is -2.08. The van der Waals surface area contributed by atoms with Gasteiger partial charge in [0, 0.05) is 17.7 Å². The molecule has 0 aromatic heterocycles. The minimum Gasteiger partial charge on any atom is -0.497 e. The molecule has 2 rings (SSSR count). The number of hydrazone groups is 1. The number of nitrogens with zero attached hydrogens (tertiary/aromatic N) is 2. The monoisotopic (exact) mass is 444 g/mol. The molecule has 0 N–H and O–H groups in total. The van der Waals surface area contributed by atoms with Gasteiger partial charge in [0.25, 0.3) is 0 Å². The van der Waals surface area contributed by atoms with Crippen LogP contribution in [0, 0.1) is 0 Å². The summed E-state index contributed by atoms with van der Waals surface area (Å²) in [7, 11) is 0.507. The van der Waals surface area contributed by atoms with Gasteiger partial charge in [0.05, 0.1) is 34.0 Å². The van der Waals surface area contributed by atoms with Crippen molar-refractivity contribution in [2.45, 2.75) is 6.92 Å². The van der Waals surface area contributed by atoms with E-state index < -0.39 is 7.25 Å². The second kappa shape index (κ2) is 12.5. The summed E-state index contributed by atoms with van der Waals surface area (Å²) in [5.41, 5.74) is 1.77. The Bertz CT molecular complexity index is 899. The number of hydrogen-bond acceptors (Lipinski definition) is 5. The first-order valence-electron chi connectivity index (χ1n) is 9.12. The molecule has 0 bridgehead atoms. The zero-order valence-corrected chi connectivity index (χ0v) is 17.9. The van der Waals surface area contributed by atoms with Crippen molar-refractivity contribution in [2.24, 2.45) is 5.10 Å². The molecule has 0 unspecified atom stereocenters. The standard InChI is InChI=1S/C20H25N2O4.BF4/c1-6-22(14-16-8-10-18(24-3)12-20(16)26-5)21-13-15-7-9-17(23-2)11-19(15)25-4;2-1(3,4)5/h7-14H,6H2,1-5H3;/q+1;-1/b21-13+,22-14+;. The van der Waals surface area contributed by atoms with Crippen LogP contribution in [0.1, 0.15) is 18.1 Å². The summed E-state index contributed by atoms with van der Waals surface area (Å²) in [6.07, 6.45) is 3.68. The molecule has 0 radical (unpaired) electrons. The van der Waals surface area contributed by atoms with Gasteiger partial charge >= 0.3 is 7.25 Å². The Balaban J connectivity index is 0.000000861. The minimum atomic E-state index is -6.00. The maximum Gasteiger partial charge on any atom is 0.673 e. The van der Waals surface area contributed by atoms with Crippen LogP contribution in [-0.4, -0.2) is 59.4 Å². The van der Waals surface area contributed by atoms with Gasteiger partial charge in [-0.05, 0) is 36.3 Å². The van der Waals surface area contributed by atoms with Crippen molar-refractivity contribution in [3.05, 3.63) is 47.5 Å². The van der Waals surface area contributed by atoms with Gasteiger partial charge in [-0.25, -0.2) is 0 Å². The number of benzene rings is 2. The van der Waals surface area contributed by atoms with Gasteiger partial charge in [-0.1, -0.05) is 4.68 Å². The summed E-state index contributed by atoms with van der Waals surface area (Å²) in [4.78, 5) is 0. The lowest BCUT2D eigenvalue weighted by molar-refractivity contribution is -0.524. The minimum absolute atomic E-state index is 0.699. The van der Waals surface area contributed by atoms with Crippen LogP contribution in [0.4, 0.5) is 17.3 Å². The van der Waals surface area contributed by atoms with Crippen molar-refractivity contribution >= 4 is 19.7 Å². The van der Waals surface area contributed by atoms with Gasteiger partial charge in [-0.15, -0.1) is 0 Å². The third-order valence-electron chi connectivity index (χ3n) is 3.84. The van der Waals surface area contributed by atoms with E-state index in [1.807, 2.05) is 54.2 Å². The molecule has 2 aromatic rings. The Morgan fingerprint density at radius 1 is 0.806 bits per heavy atom. The number of methoxy groups -OCH3 is 4. The van der Waals surface area contributed by atoms with E-state index in [9.17, 15) is 17.3 Å². The smallest absolute Gasteiger partial charge is 0.497 e. The van der Waals surface area contributed by atoms with Crippen LogP contribution in [0.3, 0.4) is 0 Å². The first-order valence-corrected chi connectivity index (χ1v) is 9.12. The lowest BCUT2D eigenvalue weighted by Gasteiger charge is -2.06. The Kier molecular flexibility index (Phi) is 10.4. The van der Waals surface area contributed by atoms with Crippen LogP contribution >= 0.6 is 0 Å². The zero-order valence-electron chi connectivity index (χ0n) is 17.9. The highest BCUT2D eigenvalue weighted by molar-refractivity contribution is 6.50. The fourth-order valence-corrected chi connectivity index (χ4v) is 2.35. The van der Waals surface area contributed by atoms with Gasteiger partial charge in [-0.3, -0.25) is 0 Å². The molecule has 6 nitrogen and oxygen atoms in total. The van der Waals surface area contributed by atoms with Crippen molar-refractivity contribution in [3.63, 3.8) is 0 Å². The molecule has 0 spiro atoms. The lowest BCUT2D eigenvalue weighted by atomic mass is 10.2. The number of halogens is 4. The molecular formula is C20H25BF4N2O4. The van der Waals surface area contributed by atoms with Gasteiger partial charge in [-0.2, -0.15) is 0 Å². The van der Waals surface area contributed by atoms with Gasteiger partial charge in [0.1, 0.15) is 29.2 Å². The highest BCUT2D eigenvalue weighted by Gasteiger charge is 2.20. The average Bonchev–Trinajstić information content (AvgIpc) is 2.75. The molecule has 0 aliphatic carbocycles. The van der Waals surface area contributed by atoms with E-state index in [4.69, 9.17) is 18.9 Å². The Morgan fingerprint density at radius 3 is 1.68 bits per heavy atom. The van der Waals surface area contributed by atoms with Crippen LogP contribution in [0.5, 0.6) is 23.0 Å². The summed E-state index contributed by atoms with van der Waals surface area (Å²) >= 11 is 0. The molecule has 2 aromatic carbocycles. The first-order chi connectivity index (χ1) is 14.6. The van der Waals surface area contributed by atoms with Crippen molar-refractivity contribution in [2.75, 3.05) is 35.0 Å². The largest absolute Gasteiger partial charge is 0.673 e. The molecule has 0 aliphatic rings. The van der Waals surface area contributed by atoms with Crippen molar-refractivity contribution < 1.29 is 40.9 Å². The van der Waals surface area contributed by atoms with E-state index in [2.05, 4.69) is 5.10 Å². The molecule has 0 atom stereocenters. The second-order valence-electron chi connectivity index (χ2n) is 5.84. The molecule has 11 heteroatoms. The second-order valence-corrected chi connectivity index (χ2v) is 5.84. The number of hydrogen-bond donors (Lipinski definition) is 0. The Morgan fingerprint density at radius 2 is 1.26 bits per heavy atom. The molecule has 0 heterocycles. The van der Waals surface area contributed by atoms with Gasteiger partial charge in [0.15, 0.2) is 6.54 Å². The number of rotatable bonds is 8. The normalized spacial score (nSPS) is 11.6. The van der Waals surface area contributed by atoms with Gasteiger partial charge in [0.2, 0.25) is 6.21 Å². The fourth-order valence-electron chi connectivity index (χ4n) is 2.35. The Labute approximate surface area is 178 Å². The van der Waals surface area contributed by atoms with Crippen LogP contribution in [0.25, 0.3) is 0 Å². The summed E-state index contributed by atoms with van der Waals surface area (Å²) in [6, 6.07) is 11.3. The van der Waals surface area contributed by atoms with Crippen LogP contribution in [0.2, 0.25) is 0 Å². The molecule has 170 valence electrons. The van der Waals surface area contributed by atoms with E-state index in [0.717, 1.165) is 28.4 Å². The van der Waals surface area contributed by atoms with E-state index in [-0.39, 0.29) is 0 Å². The summed E-state index contributed by atoms with van der Waals surface area (Å²) in [5.74, 6) is 2.90. The van der Waals surface area contributed by atoms with Crippen molar-refractivity contribution in [1.82, 2.24) is 0 Å². The van der Waals surface area contributed by atoms with E-state index in [1.54, 1.807) is 34.7 Å². The van der Waals surface area contributed by atoms with E-state index in [1.165, 1.54) is 0 Å². The number of ether oxygens (including phenoxy) is 4. The summed E-state index contributed by atoms with van der Waals surface area (Å²) < 4.78 is 62.1. The van der Waals surface area contributed by atoms with Crippen molar-refractivity contribution in [1.29, 1.82) is 0 Å². The molecule has 0 saturated heterocycles. The molecule has 0 aliphatic heterocycles. The predicted molar refractivity (Wildman–Crippen MR) is 113 cm³/mol. The predicted octanol–water partition coefficient (Wildman–Crippen LogP) is 4.51. The van der Waals surface area contributed by atoms with Crippen LogP contribution < -0.4 is 18.9 Å². The van der Waals surface area contributed by atoms with E-state index >= 15 is 0 Å². The molecule has 0 fully saturated rings. The van der Waals surface area contributed by atoms with Crippen LogP contribution in [-0.2, 0) is 0 Å². The third kappa shape index (κ3) is 9.41. The average molecular weight is 444 g/mol. The molecular weight excluding hydrogens is 419 g/mol. The topological polar surface area (TPSA) is 52.3 Å². The molecule has 0 amide bonds. The van der Waals surface area contributed by atoms with Crippen LogP contribution in [0.15, 0.2) is 41.5 Å². The quantitative estimate of drug-likeness (QED) is 0.198.